The molecule has 1 N–H and O–H groups in total. The molecular weight excluding hydrogens is 376 g/mol. The van der Waals surface area contributed by atoms with Gasteiger partial charge in [0.15, 0.2) is 11.9 Å². The van der Waals surface area contributed by atoms with Gasteiger partial charge in [-0.3, -0.25) is 9.59 Å². The molecule has 0 saturated carbocycles. The van der Waals surface area contributed by atoms with Crippen LogP contribution in [0, 0.1) is 0 Å². The number of ether oxygens (including phenoxy) is 1. The average molecular weight is 394 g/mol. The number of thiazole rings is 1. The van der Waals surface area contributed by atoms with Crippen molar-refractivity contribution in [3.05, 3.63) is 65.2 Å². The number of para-hydroxylation sites is 2. The predicted octanol–water partition coefficient (Wildman–Crippen LogP) is 4.08. The van der Waals surface area contributed by atoms with Crippen molar-refractivity contribution in [3.8, 4) is 0 Å². The maximum atomic E-state index is 12.3. The van der Waals surface area contributed by atoms with Gasteiger partial charge in [0.2, 0.25) is 0 Å². The number of amides is 1. The van der Waals surface area contributed by atoms with Gasteiger partial charge in [0.1, 0.15) is 5.01 Å². The number of nitrogens with one attached hydrogen (secondary N) is 1. The summed E-state index contributed by atoms with van der Waals surface area (Å²) in [4.78, 5) is 40.3. The summed E-state index contributed by atoms with van der Waals surface area (Å²) in [6.07, 6.45) is 1.78. The number of hydrogen-bond donors (Lipinski definition) is 1. The van der Waals surface area contributed by atoms with Gasteiger partial charge in [-0.1, -0.05) is 24.3 Å². The Morgan fingerprint density at radius 3 is 2.57 bits per heavy atom. The molecule has 1 atom stereocenters. The third-order valence-electron chi connectivity index (χ3n) is 3.90. The molecule has 0 saturated heterocycles. The average Bonchev–Trinajstić information content (AvgIpc) is 3.09. The van der Waals surface area contributed by atoms with E-state index in [-0.39, 0.29) is 5.78 Å². The number of hydrogen-bond acceptors (Lipinski definition) is 6. The van der Waals surface area contributed by atoms with Crippen LogP contribution in [0.1, 0.15) is 29.2 Å². The lowest BCUT2D eigenvalue weighted by Gasteiger charge is -2.14. The lowest BCUT2D eigenvalue weighted by Crippen LogP contribution is -2.30. The second-order valence-electron chi connectivity index (χ2n) is 6.02. The van der Waals surface area contributed by atoms with Crippen LogP contribution in [0.5, 0.6) is 0 Å². The van der Waals surface area contributed by atoms with Gasteiger partial charge in [0.25, 0.3) is 5.91 Å². The van der Waals surface area contributed by atoms with Gasteiger partial charge >= 0.3 is 5.97 Å². The molecule has 6 nitrogen and oxygen atoms in total. The highest BCUT2D eigenvalue weighted by Crippen LogP contribution is 2.22. The summed E-state index contributed by atoms with van der Waals surface area (Å²) in [6.45, 7) is 2.89. The van der Waals surface area contributed by atoms with Crippen molar-refractivity contribution in [3.63, 3.8) is 0 Å². The topological polar surface area (TPSA) is 85.4 Å². The van der Waals surface area contributed by atoms with E-state index in [0.717, 1.165) is 10.2 Å². The van der Waals surface area contributed by atoms with E-state index in [1.165, 1.54) is 31.3 Å². The van der Waals surface area contributed by atoms with Crippen LogP contribution in [0.3, 0.4) is 0 Å². The molecule has 142 valence electrons. The van der Waals surface area contributed by atoms with Gasteiger partial charge in [-0.15, -0.1) is 11.3 Å². The first-order chi connectivity index (χ1) is 13.4. The van der Waals surface area contributed by atoms with Crippen LogP contribution in [0.25, 0.3) is 16.3 Å². The van der Waals surface area contributed by atoms with Crippen molar-refractivity contribution in [2.45, 2.75) is 20.0 Å². The van der Waals surface area contributed by atoms with E-state index in [4.69, 9.17) is 4.74 Å². The van der Waals surface area contributed by atoms with E-state index in [1.807, 2.05) is 24.3 Å². The quantitative estimate of drug-likeness (QED) is 0.387. The summed E-state index contributed by atoms with van der Waals surface area (Å²) in [7, 11) is 0. The molecule has 0 fully saturated rings. The minimum atomic E-state index is -1.02. The van der Waals surface area contributed by atoms with E-state index < -0.39 is 18.0 Å². The Labute approximate surface area is 165 Å². The van der Waals surface area contributed by atoms with Crippen molar-refractivity contribution in [2.24, 2.45) is 0 Å². The van der Waals surface area contributed by atoms with Crippen LogP contribution in [0.4, 0.5) is 5.69 Å². The smallest absolute Gasteiger partial charge is 0.331 e. The molecule has 0 bridgehead atoms. The fourth-order valence-corrected chi connectivity index (χ4v) is 3.37. The van der Waals surface area contributed by atoms with Gasteiger partial charge in [-0.05, 0) is 44.2 Å². The van der Waals surface area contributed by atoms with E-state index in [1.54, 1.807) is 30.3 Å². The molecule has 1 heterocycles. The number of nitrogens with zero attached hydrogens (tertiary/aromatic N) is 1. The van der Waals surface area contributed by atoms with Crippen molar-refractivity contribution in [2.75, 3.05) is 5.32 Å². The summed E-state index contributed by atoms with van der Waals surface area (Å²) >= 11 is 1.45. The standard InChI is InChI=1S/C21H18N2O4S/c1-13(24)15-7-3-4-8-16(15)23-21(26)14(2)27-20(25)12-11-19-22-17-9-5-6-10-18(17)28-19/h3-12,14H,1-2H3,(H,23,26)/b12-11+/t14-/m1/s1. The highest BCUT2D eigenvalue weighted by molar-refractivity contribution is 7.19. The van der Waals surface area contributed by atoms with E-state index in [0.29, 0.717) is 16.3 Å². The van der Waals surface area contributed by atoms with Crippen molar-refractivity contribution in [1.82, 2.24) is 4.98 Å². The van der Waals surface area contributed by atoms with Crippen LogP contribution in [0.2, 0.25) is 0 Å². The zero-order valence-electron chi connectivity index (χ0n) is 15.3. The molecule has 0 spiro atoms. The van der Waals surface area contributed by atoms with Crippen molar-refractivity contribution >= 4 is 51.0 Å². The normalized spacial score (nSPS) is 12.1. The molecule has 1 aromatic heterocycles. The summed E-state index contributed by atoms with van der Waals surface area (Å²) in [5.41, 5.74) is 1.63. The molecule has 3 rings (SSSR count). The van der Waals surface area contributed by atoms with E-state index in [2.05, 4.69) is 10.3 Å². The molecule has 0 radical (unpaired) electrons. The van der Waals surface area contributed by atoms with Crippen LogP contribution in [-0.2, 0) is 14.3 Å². The third-order valence-corrected chi connectivity index (χ3v) is 4.90. The van der Waals surface area contributed by atoms with Crippen LogP contribution in [0.15, 0.2) is 54.6 Å². The number of ketones is 1. The second kappa shape index (κ2) is 8.58. The van der Waals surface area contributed by atoms with Crippen LogP contribution < -0.4 is 5.32 Å². The predicted molar refractivity (Wildman–Crippen MR) is 109 cm³/mol. The Kier molecular flexibility index (Phi) is 5.96. The molecule has 0 aliphatic heterocycles. The fraction of sp³-hybridized carbons (Fsp3) is 0.143. The Morgan fingerprint density at radius 1 is 1.11 bits per heavy atom. The zero-order valence-corrected chi connectivity index (χ0v) is 16.2. The SMILES string of the molecule is CC(=O)c1ccccc1NC(=O)[C@@H](C)OC(=O)/C=C/c1nc2ccccc2s1. The Hall–Kier alpha value is -3.32. The summed E-state index contributed by atoms with van der Waals surface area (Å²) in [6, 6.07) is 14.3. The second-order valence-corrected chi connectivity index (χ2v) is 7.09. The minimum absolute atomic E-state index is 0.167. The van der Waals surface area contributed by atoms with Gasteiger partial charge in [-0.2, -0.15) is 0 Å². The number of aromatic nitrogens is 1. The van der Waals surface area contributed by atoms with Gasteiger partial charge < -0.3 is 10.1 Å². The van der Waals surface area contributed by atoms with Crippen molar-refractivity contribution < 1.29 is 19.1 Å². The first kappa shape index (κ1) is 19.4. The number of Topliss-reactive ketones (excluding diaryl/α,β-unsaturated/α-hetero) is 1. The lowest BCUT2D eigenvalue weighted by atomic mass is 10.1. The molecule has 7 heteroatoms. The number of carbonyl (C=O) groups excluding carboxylic acids is 3. The maximum Gasteiger partial charge on any atom is 0.331 e. The maximum absolute atomic E-state index is 12.3. The summed E-state index contributed by atoms with van der Waals surface area (Å²) in [5, 5.41) is 3.29. The number of benzene rings is 2. The summed E-state index contributed by atoms with van der Waals surface area (Å²) < 4.78 is 6.16. The number of carbonyl (C=O) groups is 3. The Morgan fingerprint density at radius 2 is 1.82 bits per heavy atom. The van der Waals surface area contributed by atoms with Crippen LogP contribution in [-0.4, -0.2) is 28.7 Å². The minimum Gasteiger partial charge on any atom is -0.449 e. The Bertz CT molecular complexity index is 1040. The molecule has 28 heavy (non-hydrogen) atoms. The zero-order chi connectivity index (χ0) is 20.1. The monoisotopic (exact) mass is 394 g/mol. The number of anilines is 1. The van der Waals surface area contributed by atoms with E-state index in [9.17, 15) is 14.4 Å². The highest BCUT2D eigenvalue weighted by atomic mass is 32.1. The number of rotatable bonds is 6. The number of fused-ring (bicyclic) bond motifs is 1. The van der Waals surface area contributed by atoms with Gasteiger partial charge in [0.05, 0.1) is 15.9 Å². The largest absolute Gasteiger partial charge is 0.449 e. The third kappa shape index (κ3) is 4.69. The van der Waals surface area contributed by atoms with E-state index >= 15 is 0 Å². The molecular formula is C21H18N2O4S. The summed E-state index contributed by atoms with van der Waals surface area (Å²) in [5.74, 6) is -1.34. The molecule has 0 aliphatic carbocycles. The highest BCUT2D eigenvalue weighted by Gasteiger charge is 2.18. The van der Waals surface area contributed by atoms with Crippen molar-refractivity contribution in [1.29, 1.82) is 0 Å². The molecule has 3 aromatic rings. The lowest BCUT2D eigenvalue weighted by molar-refractivity contribution is -0.148. The fourth-order valence-electron chi connectivity index (χ4n) is 2.50. The van der Waals surface area contributed by atoms with Gasteiger partial charge in [0, 0.05) is 11.6 Å². The Balaban J connectivity index is 1.60. The molecule has 1 amide bonds. The first-order valence-corrected chi connectivity index (χ1v) is 9.41. The molecule has 0 aliphatic rings. The molecule has 0 unspecified atom stereocenters. The first-order valence-electron chi connectivity index (χ1n) is 8.59. The number of esters is 1. The molecule has 2 aromatic carbocycles. The van der Waals surface area contributed by atoms with Crippen LogP contribution >= 0.6 is 11.3 Å². The van der Waals surface area contributed by atoms with Gasteiger partial charge in [-0.25, -0.2) is 9.78 Å².